The Kier molecular flexibility index (Phi) is 5.46. The third-order valence-corrected chi connectivity index (χ3v) is 10.1. The standard InChI is InChI=1S/C29H35NO4/c1-18(31)34-17-26(33)29(4)24(25-7-5-6-14-30-25)16-23-21-9-8-19-15-20(32)10-12-27(19,2)22(21)11-13-28(23,29)3/h5-7,11,14-15,21,23-24H,8-10,12-13,16-17H2,1-4H3/t21?,23?,24-,27-,28-,29+/m0/s1. The third-order valence-electron chi connectivity index (χ3n) is 10.1. The Morgan fingerprint density at radius 1 is 1.18 bits per heavy atom. The Morgan fingerprint density at radius 3 is 2.68 bits per heavy atom. The average Bonchev–Trinajstić information content (AvgIpc) is 3.07. The van der Waals surface area contributed by atoms with Crippen LogP contribution in [0.4, 0.5) is 0 Å². The molecule has 0 aromatic carbocycles. The van der Waals surface area contributed by atoms with Gasteiger partial charge in [-0.25, -0.2) is 0 Å². The van der Waals surface area contributed by atoms with E-state index in [9.17, 15) is 14.4 Å². The van der Waals surface area contributed by atoms with E-state index < -0.39 is 11.4 Å². The first kappa shape index (κ1) is 23.2. The van der Waals surface area contributed by atoms with Gasteiger partial charge in [-0.15, -0.1) is 0 Å². The molecule has 0 aliphatic heterocycles. The van der Waals surface area contributed by atoms with Gasteiger partial charge in [-0.05, 0) is 67.6 Å². The SMILES string of the molecule is CC(=O)OCC(=O)[C@@]1(C)[C@H](c2ccccn2)CC2C3CCC4=CC(=O)CC[C@]4(C)C3=CC[C@@]21C. The van der Waals surface area contributed by atoms with E-state index in [1.807, 2.05) is 24.3 Å². The predicted molar refractivity (Wildman–Crippen MR) is 129 cm³/mol. The number of rotatable bonds is 4. The molecule has 6 atom stereocenters. The number of aromatic nitrogens is 1. The van der Waals surface area contributed by atoms with Crippen LogP contribution in [-0.2, 0) is 19.1 Å². The van der Waals surface area contributed by atoms with E-state index >= 15 is 0 Å². The summed E-state index contributed by atoms with van der Waals surface area (Å²) in [7, 11) is 0. The summed E-state index contributed by atoms with van der Waals surface area (Å²) in [6.07, 6.45) is 11.3. The van der Waals surface area contributed by atoms with Crippen molar-refractivity contribution >= 4 is 17.5 Å². The van der Waals surface area contributed by atoms with Crippen molar-refractivity contribution in [3.8, 4) is 0 Å². The minimum atomic E-state index is -0.691. The minimum Gasteiger partial charge on any atom is -0.458 e. The Hall–Kier alpha value is -2.56. The fraction of sp³-hybridized carbons (Fsp3) is 0.586. The van der Waals surface area contributed by atoms with Crippen LogP contribution in [0.15, 0.2) is 47.7 Å². The van der Waals surface area contributed by atoms with Crippen LogP contribution in [0.25, 0.3) is 0 Å². The Bertz CT molecular complexity index is 1100. The second-order valence-corrected chi connectivity index (χ2v) is 11.4. The van der Waals surface area contributed by atoms with E-state index in [2.05, 4.69) is 26.8 Å². The molecule has 5 heteroatoms. The number of ether oxygens (including phenoxy) is 1. The molecule has 5 rings (SSSR count). The topological polar surface area (TPSA) is 73.3 Å². The van der Waals surface area contributed by atoms with E-state index in [0.717, 1.165) is 37.8 Å². The zero-order valence-electron chi connectivity index (χ0n) is 20.7. The molecule has 34 heavy (non-hydrogen) atoms. The molecular weight excluding hydrogens is 426 g/mol. The van der Waals surface area contributed by atoms with Crippen molar-refractivity contribution in [2.45, 2.75) is 72.1 Å². The smallest absolute Gasteiger partial charge is 0.303 e. The first-order valence-electron chi connectivity index (χ1n) is 12.6. The molecule has 4 aliphatic rings. The number of nitrogens with zero attached hydrogens (tertiary/aromatic N) is 1. The summed E-state index contributed by atoms with van der Waals surface area (Å²) in [5.74, 6) is 0.517. The molecular formula is C29H35NO4. The van der Waals surface area contributed by atoms with Crippen LogP contribution >= 0.6 is 0 Å². The van der Waals surface area contributed by atoms with Gasteiger partial charge in [-0.2, -0.15) is 0 Å². The van der Waals surface area contributed by atoms with E-state index in [0.29, 0.717) is 18.3 Å². The summed E-state index contributed by atoms with van der Waals surface area (Å²) in [5.41, 5.74) is 2.73. The predicted octanol–water partition coefficient (Wildman–Crippen LogP) is 5.37. The Morgan fingerprint density at radius 2 is 1.97 bits per heavy atom. The maximum absolute atomic E-state index is 13.8. The van der Waals surface area contributed by atoms with Gasteiger partial charge in [-0.1, -0.05) is 44.1 Å². The largest absolute Gasteiger partial charge is 0.458 e. The lowest BCUT2D eigenvalue weighted by atomic mass is 9.48. The summed E-state index contributed by atoms with van der Waals surface area (Å²) in [6.45, 7) is 7.85. The number of hydrogen-bond donors (Lipinski definition) is 0. The van der Waals surface area contributed by atoms with E-state index in [-0.39, 0.29) is 34.9 Å². The number of Topliss-reactive ketones (excluding diaryl/α,β-unsaturated/α-hetero) is 1. The van der Waals surface area contributed by atoms with Crippen LogP contribution in [0, 0.1) is 28.1 Å². The number of esters is 1. The fourth-order valence-corrected chi connectivity index (χ4v) is 7.96. The zero-order valence-corrected chi connectivity index (χ0v) is 20.7. The van der Waals surface area contributed by atoms with Crippen molar-refractivity contribution in [2.75, 3.05) is 6.61 Å². The van der Waals surface area contributed by atoms with Crippen LogP contribution < -0.4 is 0 Å². The van der Waals surface area contributed by atoms with Crippen molar-refractivity contribution in [3.63, 3.8) is 0 Å². The van der Waals surface area contributed by atoms with Crippen LogP contribution in [0.3, 0.4) is 0 Å². The molecule has 2 saturated carbocycles. The third kappa shape index (κ3) is 3.19. The molecule has 0 spiro atoms. The number of hydrogen-bond acceptors (Lipinski definition) is 5. The van der Waals surface area contributed by atoms with Gasteiger partial charge < -0.3 is 4.74 Å². The summed E-state index contributed by atoms with van der Waals surface area (Å²) < 4.78 is 5.23. The van der Waals surface area contributed by atoms with Gasteiger partial charge in [0, 0.05) is 42.0 Å². The van der Waals surface area contributed by atoms with Crippen molar-refractivity contribution < 1.29 is 19.1 Å². The number of fused-ring (bicyclic) bond motifs is 5. The van der Waals surface area contributed by atoms with Gasteiger partial charge in [0.2, 0.25) is 0 Å². The quantitative estimate of drug-likeness (QED) is 0.445. The lowest BCUT2D eigenvalue weighted by Gasteiger charge is -2.55. The molecule has 1 aromatic rings. The van der Waals surface area contributed by atoms with E-state index in [1.54, 1.807) is 6.20 Å². The van der Waals surface area contributed by atoms with E-state index in [4.69, 9.17) is 9.72 Å². The van der Waals surface area contributed by atoms with Crippen molar-refractivity contribution in [3.05, 3.63) is 53.4 Å². The molecule has 0 bridgehead atoms. The number of carbonyl (C=O) groups excluding carboxylic acids is 3. The molecule has 5 nitrogen and oxygen atoms in total. The first-order valence-corrected chi connectivity index (χ1v) is 12.6. The molecule has 1 heterocycles. The highest BCUT2D eigenvalue weighted by molar-refractivity contribution is 5.92. The van der Waals surface area contributed by atoms with Gasteiger partial charge in [0.05, 0.1) is 0 Å². The summed E-state index contributed by atoms with van der Waals surface area (Å²) in [4.78, 5) is 42.2. The zero-order chi connectivity index (χ0) is 24.3. The lowest BCUT2D eigenvalue weighted by molar-refractivity contribution is -0.152. The molecule has 180 valence electrons. The van der Waals surface area contributed by atoms with E-state index in [1.165, 1.54) is 18.1 Å². The van der Waals surface area contributed by atoms with Crippen LogP contribution in [0.1, 0.15) is 77.8 Å². The number of ketones is 2. The molecule has 2 unspecified atom stereocenters. The van der Waals surface area contributed by atoms with Gasteiger partial charge >= 0.3 is 5.97 Å². The molecule has 0 radical (unpaired) electrons. The second-order valence-electron chi connectivity index (χ2n) is 11.4. The maximum Gasteiger partial charge on any atom is 0.303 e. The normalized spacial score (nSPS) is 38.7. The number of pyridine rings is 1. The number of carbonyl (C=O) groups is 3. The minimum absolute atomic E-state index is 0.00827. The van der Waals surface area contributed by atoms with Gasteiger partial charge in [0.1, 0.15) is 0 Å². The molecule has 0 N–H and O–H groups in total. The fourth-order valence-electron chi connectivity index (χ4n) is 7.96. The molecule has 0 amide bonds. The molecule has 0 saturated heterocycles. The molecule has 4 aliphatic carbocycles. The Balaban J connectivity index is 1.58. The molecule has 1 aromatic heterocycles. The monoisotopic (exact) mass is 461 g/mol. The van der Waals surface area contributed by atoms with Crippen molar-refractivity contribution in [1.82, 2.24) is 4.98 Å². The highest BCUT2D eigenvalue weighted by Gasteiger charge is 2.67. The Labute approximate surface area is 202 Å². The van der Waals surface area contributed by atoms with Gasteiger partial charge in [-0.3, -0.25) is 19.4 Å². The lowest BCUT2D eigenvalue weighted by Crippen LogP contribution is -2.51. The summed E-state index contributed by atoms with van der Waals surface area (Å²) in [6, 6.07) is 5.93. The highest BCUT2D eigenvalue weighted by atomic mass is 16.5. The summed E-state index contributed by atoms with van der Waals surface area (Å²) in [5, 5.41) is 0. The van der Waals surface area contributed by atoms with Crippen LogP contribution in [0.5, 0.6) is 0 Å². The summed E-state index contributed by atoms with van der Waals surface area (Å²) >= 11 is 0. The van der Waals surface area contributed by atoms with Crippen molar-refractivity contribution in [1.29, 1.82) is 0 Å². The second kappa shape index (κ2) is 8.00. The van der Waals surface area contributed by atoms with Gasteiger partial charge in [0.15, 0.2) is 18.2 Å². The first-order chi connectivity index (χ1) is 16.1. The number of allylic oxidation sites excluding steroid dienone is 4. The average molecular weight is 462 g/mol. The van der Waals surface area contributed by atoms with Crippen LogP contribution in [-0.4, -0.2) is 29.1 Å². The van der Waals surface area contributed by atoms with Crippen molar-refractivity contribution in [2.24, 2.45) is 28.1 Å². The van der Waals surface area contributed by atoms with Gasteiger partial charge in [0.25, 0.3) is 0 Å². The maximum atomic E-state index is 13.8. The molecule has 2 fully saturated rings. The highest BCUT2D eigenvalue weighted by Crippen LogP contribution is 2.71. The van der Waals surface area contributed by atoms with Crippen LogP contribution in [0.2, 0.25) is 0 Å².